The predicted octanol–water partition coefficient (Wildman–Crippen LogP) is 5.23. The van der Waals surface area contributed by atoms with Crippen LogP contribution in [0, 0.1) is 13.8 Å². The largest absolute Gasteiger partial charge is 0.416 e. The molecular weight excluding hydrogens is 295 g/mol. The maximum absolute atomic E-state index is 12.9. The van der Waals surface area contributed by atoms with Gasteiger partial charge in [-0.2, -0.15) is 13.2 Å². The molecule has 2 aromatic rings. The molecule has 1 unspecified atom stereocenters. The highest BCUT2D eigenvalue weighted by Gasteiger charge is 2.32. The van der Waals surface area contributed by atoms with Crippen molar-refractivity contribution in [3.05, 3.63) is 56.8 Å². The SMILES string of the molecule is Cc1cc(C(C)NCc2ccccc2C(F)(F)F)c(C)s1. The van der Waals surface area contributed by atoms with Crippen LogP contribution in [0.1, 0.15) is 39.4 Å². The molecule has 1 heterocycles. The number of nitrogens with one attached hydrogen (secondary N) is 1. The first-order chi connectivity index (χ1) is 9.79. The molecule has 1 atom stereocenters. The van der Waals surface area contributed by atoms with Crippen LogP contribution in [0.2, 0.25) is 0 Å². The van der Waals surface area contributed by atoms with Crippen LogP contribution in [-0.2, 0) is 12.7 Å². The fourth-order valence-electron chi connectivity index (χ4n) is 2.40. The van der Waals surface area contributed by atoms with E-state index in [1.54, 1.807) is 17.4 Å². The molecule has 0 aliphatic carbocycles. The summed E-state index contributed by atoms with van der Waals surface area (Å²) in [7, 11) is 0. The van der Waals surface area contributed by atoms with E-state index in [1.165, 1.54) is 21.9 Å². The summed E-state index contributed by atoms with van der Waals surface area (Å²) in [4.78, 5) is 2.42. The highest BCUT2D eigenvalue weighted by molar-refractivity contribution is 7.12. The smallest absolute Gasteiger partial charge is 0.306 e. The lowest BCUT2D eigenvalue weighted by Crippen LogP contribution is -2.20. The summed E-state index contributed by atoms with van der Waals surface area (Å²) in [6.45, 7) is 6.25. The molecule has 114 valence electrons. The number of benzene rings is 1. The number of thiophene rings is 1. The Balaban J connectivity index is 2.12. The average Bonchev–Trinajstić information content (AvgIpc) is 2.74. The van der Waals surface area contributed by atoms with Gasteiger partial charge in [-0.15, -0.1) is 11.3 Å². The molecule has 1 aromatic heterocycles. The van der Waals surface area contributed by atoms with Gasteiger partial charge in [0.15, 0.2) is 0 Å². The molecule has 2 rings (SSSR count). The van der Waals surface area contributed by atoms with Gasteiger partial charge in [0.25, 0.3) is 0 Å². The summed E-state index contributed by atoms with van der Waals surface area (Å²) in [6, 6.07) is 7.82. The molecule has 0 fully saturated rings. The van der Waals surface area contributed by atoms with Gasteiger partial charge in [0.05, 0.1) is 5.56 Å². The van der Waals surface area contributed by atoms with Crippen LogP contribution >= 0.6 is 11.3 Å². The minimum atomic E-state index is -4.31. The maximum atomic E-state index is 12.9. The molecule has 0 aliphatic rings. The number of hydrogen-bond donors (Lipinski definition) is 1. The molecule has 0 aliphatic heterocycles. The van der Waals surface area contributed by atoms with Crippen LogP contribution in [-0.4, -0.2) is 0 Å². The summed E-state index contributed by atoms with van der Waals surface area (Å²) in [6.07, 6.45) is -4.31. The monoisotopic (exact) mass is 313 g/mol. The standard InChI is InChI=1S/C16H18F3NS/c1-10-8-14(12(3)21-10)11(2)20-9-13-6-4-5-7-15(13)16(17,18)19/h4-8,11,20H,9H2,1-3H3. The second-order valence-corrected chi connectivity index (χ2v) is 6.59. The molecular formula is C16H18F3NS. The molecule has 5 heteroatoms. The van der Waals surface area contributed by atoms with Crippen LogP contribution in [0.15, 0.2) is 30.3 Å². The van der Waals surface area contributed by atoms with Gasteiger partial charge >= 0.3 is 6.18 Å². The first-order valence-electron chi connectivity index (χ1n) is 6.74. The fourth-order valence-corrected chi connectivity index (χ4v) is 3.43. The molecule has 0 amide bonds. The third kappa shape index (κ3) is 3.86. The lowest BCUT2D eigenvalue weighted by atomic mass is 10.1. The zero-order valence-corrected chi connectivity index (χ0v) is 13.0. The molecule has 0 saturated carbocycles. The van der Waals surface area contributed by atoms with Crippen molar-refractivity contribution in [3.63, 3.8) is 0 Å². The normalized spacial score (nSPS) is 13.4. The molecule has 21 heavy (non-hydrogen) atoms. The van der Waals surface area contributed by atoms with Crippen molar-refractivity contribution < 1.29 is 13.2 Å². The summed E-state index contributed by atoms with van der Waals surface area (Å²) in [5.41, 5.74) is 0.867. The molecule has 1 aromatic carbocycles. The first kappa shape index (κ1) is 16.0. The fraction of sp³-hybridized carbons (Fsp3) is 0.375. The molecule has 0 bridgehead atoms. The van der Waals surface area contributed by atoms with Crippen molar-refractivity contribution in [3.8, 4) is 0 Å². The van der Waals surface area contributed by atoms with Crippen LogP contribution in [0.25, 0.3) is 0 Å². The van der Waals surface area contributed by atoms with Crippen LogP contribution in [0.4, 0.5) is 13.2 Å². The topological polar surface area (TPSA) is 12.0 Å². The molecule has 1 nitrogen and oxygen atoms in total. The van der Waals surface area contributed by atoms with Gasteiger partial charge in [-0.1, -0.05) is 18.2 Å². The number of aryl methyl sites for hydroxylation is 2. The highest BCUT2D eigenvalue weighted by Crippen LogP contribution is 2.32. The van der Waals surface area contributed by atoms with E-state index >= 15 is 0 Å². The van der Waals surface area contributed by atoms with Crippen LogP contribution in [0.3, 0.4) is 0 Å². The van der Waals surface area contributed by atoms with Crippen molar-refractivity contribution in [1.82, 2.24) is 5.32 Å². The van der Waals surface area contributed by atoms with E-state index in [-0.39, 0.29) is 18.2 Å². The minimum absolute atomic E-state index is 0.0243. The number of halogens is 3. The molecule has 1 N–H and O–H groups in total. The van der Waals surface area contributed by atoms with Gasteiger partial charge in [-0.25, -0.2) is 0 Å². The Kier molecular flexibility index (Phi) is 4.74. The number of alkyl halides is 3. The van der Waals surface area contributed by atoms with E-state index in [4.69, 9.17) is 0 Å². The van der Waals surface area contributed by atoms with Gasteiger partial charge in [0, 0.05) is 22.3 Å². The van der Waals surface area contributed by atoms with Crippen molar-refractivity contribution >= 4 is 11.3 Å². The molecule has 0 radical (unpaired) electrons. The van der Waals surface area contributed by atoms with E-state index < -0.39 is 11.7 Å². The Morgan fingerprint density at radius 1 is 1.19 bits per heavy atom. The lowest BCUT2D eigenvalue weighted by Gasteiger charge is -2.17. The molecule has 0 saturated heterocycles. The summed E-state index contributed by atoms with van der Waals surface area (Å²) in [5, 5.41) is 3.19. The van der Waals surface area contributed by atoms with Gasteiger partial charge in [-0.05, 0) is 44.0 Å². The summed E-state index contributed by atoms with van der Waals surface area (Å²) in [5.74, 6) is 0. The van der Waals surface area contributed by atoms with E-state index in [2.05, 4.69) is 11.4 Å². The van der Waals surface area contributed by atoms with E-state index in [0.717, 1.165) is 11.6 Å². The van der Waals surface area contributed by atoms with Gasteiger partial charge in [0.1, 0.15) is 0 Å². The van der Waals surface area contributed by atoms with Gasteiger partial charge in [0.2, 0.25) is 0 Å². The highest BCUT2D eigenvalue weighted by atomic mass is 32.1. The predicted molar refractivity (Wildman–Crippen MR) is 80.5 cm³/mol. The Morgan fingerprint density at radius 2 is 1.86 bits per heavy atom. The Morgan fingerprint density at radius 3 is 2.43 bits per heavy atom. The molecule has 0 spiro atoms. The van der Waals surface area contributed by atoms with E-state index in [9.17, 15) is 13.2 Å². The van der Waals surface area contributed by atoms with Gasteiger partial charge < -0.3 is 5.32 Å². The number of hydrogen-bond acceptors (Lipinski definition) is 2. The quantitative estimate of drug-likeness (QED) is 0.814. The average molecular weight is 313 g/mol. The Hall–Kier alpha value is -1.33. The van der Waals surface area contributed by atoms with Crippen molar-refractivity contribution in [2.45, 2.75) is 39.5 Å². The first-order valence-corrected chi connectivity index (χ1v) is 7.56. The second kappa shape index (κ2) is 6.20. The zero-order chi connectivity index (χ0) is 15.6. The third-order valence-corrected chi connectivity index (χ3v) is 4.45. The Bertz CT molecular complexity index is 616. The summed E-state index contributed by atoms with van der Waals surface area (Å²) < 4.78 is 38.8. The van der Waals surface area contributed by atoms with E-state index in [1.807, 2.05) is 20.8 Å². The number of rotatable bonds is 4. The van der Waals surface area contributed by atoms with Crippen LogP contribution < -0.4 is 5.32 Å². The Labute approximate surface area is 126 Å². The maximum Gasteiger partial charge on any atom is 0.416 e. The van der Waals surface area contributed by atoms with Crippen molar-refractivity contribution in [1.29, 1.82) is 0 Å². The minimum Gasteiger partial charge on any atom is -0.306 e. The van der Waals surface area contributed by atoms with Crippen LogP contribution in [0.5, 0.6) is 0 Å². The lowest BCUT2D eigenvalue weighted by molar-refractivity contribution is -0.138. The van der Waals surface area contributed by atoms with E-state index in [0.29, 0.717) is 0 Å². The zero-order valence-electron chi connectivity index (χ0n) is 12.2. The third-order valence-electron chi connectivity index (χ3n) is 3.47. The summed E-state index contributed by atoms with van der Waals surface area (Å²) >= 11 is 1.71. The second-order valence-electron chi connectivity index (χ2n) is 5.13. The van der Waals surface area contributed by atoms with Crippen molar-refractivity contribution in [2.24, 2.45) is 0 Å². The van der Waals surface area contributed by atoms with Crippen molar-refractivity contribution in [2.75, 3.05) is 0 Å². The van der Waals surface area contributed by atoms with Gasteiger partial charge in [-0.3, -0.25) is 0 Å².